The molecule has 1 aromatic rings. The van der Waals surface area contributed by atoms with Crippen molar-refractivity contribution >= 4 is 0 Å². The van der Waals surface area contributed by atoms with Gasteiger partial charge in [0, 0.05) is 6.07 Å². The van der Waals surface area contributed by atoms with Crippen molar-refractivity contribution in [3.63, 3.8) is 0 Å². The highest BCUT2D eigenvalue weighted by molar-refractivity contribution is 5.23. The van der Waals surface area contributed by atoms with Crippen molar-refractivity contribution in [3.05, 3.63) is 18.1 Å². The Morgan fingerprint density at radius 2 is 2.13 bits per heavy atom. The molecule has 0 bridgehead atoms. The van der Waals surface area contributed by atoms with Crippen LogP contribution >= 0.6 is 0 Å². The van der Waals surface area contributed by atoms with Crippen LogP contribution in [-0.2, 0) is 0 Å². The third-order valence-corrected chi connectivity index (χ3v) is 1.86. The van der Waals surface area contributed by atoms with E-state index >= 15 is 0 Å². The summed E-state index contributed by atoms with van der Waals surface area (Å²) in [5, 5.41) is 8.62. The first-order valence-electron chi connectivity index (χ1n) is 4.86. The Morgan fingerprint density at radius 1 is 1.40 bits per heavy atom. The van der Waals surface area contributed by atoms with Crippen molar-refractivity contribution in [3.8, 4) is 11.9 Å². The summed E-state index contributed by atoms with van der Waals surface area (Å²) in [6, 6.07) is 3.49. The van der Waals surface area contributed by atoms with Gasteiger partial charge in [-0.2, -0.15) is 5.26 Å². The molecule has 80 valence electrons. The molecule has 4 heteroatoms. The molecule has 1 rings (SSSR count). The molecule has 0 saturated heterocycles. The number of nitrogens with zero attached hydrogens (tertiary/aromatic N) is 3. The van der Waals surface area contributed by atoms with Crippen LogP contribution in [0, 0.1) is 16.7 Å². The lowest BCUT2D eigenvalue weighted by atomic mass is 9.93. The van der Waals surface area contributed by atoms with Crippen molar-refractivity contribution in [2.45, 2.75) is 27.2 Å². The van der Waals surface area contributed by atoms with Gasteiger partial charge >= 0.3 is 0 Å². The molecule has 0 spiro atoms. The lowest BCUT2D eigenvalue weighted by molar-refractivity contribution is 0.236. The summed E-state index contributed by atoms with van der Waals surface area (Å²) in [4.78, 5) is 7.68. The zero-order chi connectivity index (χ0) is 11.3. The van der Waals surface area contributed by atoms with Crippen molar-refractivity contribution in [2.75, 3.05) is 6.61 Å². The number of rotatable bonds is 3. The minimum Gasteiger partial charge on any atom is -0.478 e. The third kappa shape index (κ3) is 4.41. The van der Waals surface area contributed by atoms with Crippen LogP contribution in [0.2, 0.25) is 0 Å². The van der Waals surface area contributed by atoms with Crippen molar-refractivity contribution in [1.29, 1.82) is 5.26 Å². The predicted molar refractivity (Wildman–Crippen MR) is 56.3 cm³/mol. The summed E-state index contributed by atoms with van der Waals surface area (Å²) in [6.07, 6.45) is 2.28. The molecule has 15 heavy (non-hydrogen) atoms. The second-order valence-electron chi connectivity index (χ2n) is 4.51. The first-order valence-corrected chi connectivity index (χ1v) is 4.86. The van der Waals surface area contributed by atoms with E-state index in [4.69, 9.17) is 10.00 Å². The molecular formula is C11H15N3O. The van der Waals surface area contributed by atoms with Gasteiger partial charge in [0.2, 0.25) is 5.88 Å². The van der Waals surface area contributed by atoms with Gasteiger partial charge in [-0.15, -0.1) is 0 Å². The maximum Gasteiger partial charge on any atom is 0.217 e. The molecule has 0 saturated carbocycles. The van der Waals surface area contributed by atoms with Crippen LogP contribution < -0.4 is 4.74 Å². The van der Waals surface area contributed by atoms with E-state index in [1.54, 1.807) is 6.07 Å². The monoisotopic (exact) mass is 205 g/mol. The van der Waals surface area contributed by atoms with Crippen molar-refractivity contribution in [2.24, 2.45) is 5.41 Å². The Hall–Kier alpha value is -1.63. The van der Waals surface area contributed by atoms with E-state index in [0.29, 0.717) is 18.2 Å². The van der Waals surface area contributed by atoms with Gasteiger partial charge in [0.25, 0.3) is 0 Å². The normalized spacial score (nSPS) is 10.8. The smallest absolute Gasteiger partial charge is 0.217 e. The Kier molecular flexibility index (Phi) is 3.62. The Bertz CT molecular complexity index is 363. The fourth-order valence-electron chi connectivity index (χ4n) is 0.941. The first kappa shape index (κ1) is 11.4. The lowest BCUT2D eigenvalue weighted by Gasteiger charge is -2.17. The summed E-state index contributed by atoms with van der Waals surface area (Å²) in [5.41, 5.74) is 0.571. The van der Waals surface area contributed by atoms with Gasteiger partial charge in [0.1, 0.15) is 18.1 Å². The van der Waals surface area contributed by atoms with Gasteiger partial charge in [0.15, 0.2) is 0 Å². The molecule has 0 aromatic carbocycles. The number of nitriles is 1. The third-order valence-electron chi connectivity index (χ3n) is 1.86. The molecule has 0 aliphatic heterocycles. The quantitative estimate of drug-likeness (QED) is 0.758. The minimum absolute atomic E-state index is 0.241. The van der Waals surface area contributed by atoms with Crippen LogP contribution in [0.15, 0.2) is 12.4 Å². The SMILES string of the molecule is CC(C)(C)CCOc1cc(C#N)ncn1. The van der Waals surface area contributed by atoms with E-state index < -0.39 is 0 Å². The van der Waals surface area contributed by atoms with E-state index in [1.807, 2.05) is 6.07 Å². The van der Waals surface area contributed by atoms with E-state index in [0.717, 1.165) is 6.42 Å². The zero-order valence-corrected chi connectivity index (χ0v) is 9.32. The molecule has 0 radical (unpaired) electrons. The molecule has 0 unspecified atom stereocenters. The van der Waals surface area contributed by atoms with Crippen LogP contribution in [0.1, 0.15) is 32.9 Å². The fraction of sp³-hybridized carbons (Fsp3) is 0.545. The van der Waals surface area contributed by atoms with Gasteiger partial charge in [0.05, 0.1) is 6.61 Å². The van der Waals surface area contributed by atoms with Crippen LogP contribution in [0.4, 0.5) is 0 Å². The van der Waals surface area contributed by atoms with Crippen LogP contribution in [0.25, 0.3) is 0 Å². The highest BCUT2D eigenvalue weighted by atomic mass is 16.5. The predicted octanol–water partition coefficient (Wildman–Crippen LogP) is 2.16. The summed E-state index contributed by atoms with van der Waals surface area (Å²) in [7, 11) is 0. The second kappa shape index (κ2) is 4.74. The summed E-state index contributed by atoms with van der Waals surface area (Å²) >= 11 is 0. The Labute approximate surface area is 89.9 Å². The molecule has 1 heterocycles. The van der Waals surface area contributed by atoms with E-state index in [2.05, 4.69) is 30.7 Å². The molecule has 0 N–H and O–H groups in total. The maximum absolute atomic E-state index is 8.62. The van der Waals surface area contributed by atoms with Gasteiger partial charge in [-0.05, 0) is 11.8 Å². The topological polar surface area (TPSA) is 58.8 Å². The van der Waals surface area contributed by atoms with Crippen LogP contribution in [-0.4, -0.2) is 16.6 Å². The largest absolute Gasteiger partial charge is 0.478 e. The lowest BCUT2D eigenvalue weighted by Crippen LogP contribution is -2.11. The molecule has 0 amide bonds. The maximum atomic E-state index is 8.62. The molecule has 0 aliphatic rings. The van der Waals surface area contributed by atoms with Crippen LogP contribution in [0.5, 0.6) is 5.88 Å². The number of hydrogen-bond donors (Lipinski definition) is 0. The molecule has 0 aliphatic carbocycles. The van der Waals surface area contributed by atoms with E-state index in [1.165, 1.54) is 6.33 Å². The van der Waals surface area contributed by atoms with Gasteiger partial charge < -0.3 is 4.74 Å². The molecular weight excluding hydrogens is 190 g/mol. The first-order chi connectivity index (χ1) is 7.01. The highest BCUT2D eigenvalue weighted by Gasteiger charge is 2.10. The van der Waals surface area contributed by atoms with E-state index in [-0.39, 0.29) is 5.41 Å². The van der Waals surface area contributed by atoms with Crippen molar-refractivity contribution < 1.29 is 4.74 Å². The molecule has 0 fully saturated rings. The van der Waals surface area contributed by atoms with Gasteiger partial charge in [-0.1, -0.05) is 20.8 Å². The summed E-state index contributed by atoms with van der Waals surface area (Å²) in [6.45, 7) is 7.05. The van der Waals surface area contributed by atoms with Crippen LogP contribution in [0.3, 0.4) is 0 Å². The Balaban J connectivity index is 2.48. The fourth-order valence-corrected chi connectivity index (χ4v) is 0.941. The summed E-state index contributed by atoms with van der Waals surface area (Å²) < 4.78 is 5.42. The van der Waals surface area contributed by atoms with E-state index in [9.17, 15) is 0 Å². The number of hydrogen-bond acceptors (Lipinski definition) is 4. The Morgan fingerprint density at radius 3 is 2.73 bits per heavy atom. The minimum atomic E-state index is 0.241. The molecule has 0 atom stereocenters. The highest BCUT2D eigenvalue weighted by Crippen LogP contribution is 2.18. The number of ether oxygens (including phenoxy) is 1. The van der Waals surface area contributed by atoms with Gasteiger partial charge in [-0.25, -0.2) is 9.97 Å². The second-order valence-corrected chi connectivity index (χ2v) is 4.51. The van der Waals surface area contributed by atoms with Crippen molar-refractivity contribution in [1.82, 2.24) is 9.97 Å². The standard InChI is InChI=1S/C11H15N3O/c1-11(2,3)4-5-15-10-6-9(7-12)13-8-14-10/h6,8H,4-5H2,1-3H3. The zero-order valence-electron chi connectivity index (χ0n) is 9.32. The molecule has 1 aromatic heterocycles. The summed E-state index contributed by atoms with van der Waals surface area (Å²) in [5.74, 6) is 0.464. The number of aromatic nitrogens is 2. The average molecular weight is 205 g/mol. The van der Waals surface area contributed by atoms with Gasteiger partial charge in [-0.3, -0.25) is 0 Å². The average Bonchev–Trinajstić information content (AvgIpc) is 2.16. The molecule has 4 nitrogen and oxygen atoms in total.